The van der Waals surface area contributed by atoms with Gasteiger partial charge in [-0.3, -0.25) is 0 Å². The standard InChI is InChI=1S/C18H28N2O/c1-19-11-8-18(9-12-19,17-6-3-2-4-7-17)16-20-10-5-14-21-15-13-20/h2-4,6-7H,5,8-16H2,1H3. The summed E-state index contributed by atoms with van der Waals surface area (Å²) in [6, 6.07) is 11.2. The van der Waals surface area contributed by atoms with E-state index >= 15 is 0 Å². The summed E-state index contributed by atoms with van der Waals surface area (Å²) >= 11 is 0. The molecule has 2 heterocycles. The van der Waals surface area contributed by atoms with Crippen LogP contribution in [0.25, 0.3) is 0 Å². The van der Waals surface area contributed by atoms with Crippen molar-refractivity contribution in [2.45, 2.75) is 24.7 Å². The van der Waals surface area contributed by atoms with Gasteiger partial charge < -0.3 is 14.5 Å². The molecule has 0 aromatic heterocycles. The van der Waals surface area contributed by atoms with Crippen molar-refractivity contribution in [1.82, 2.24) is 9.80 Å². The lowest BCUT2D eigenvalue weighted by Crippen LogP contribution is -2.48. The maximum absolute atomic E-state index is 5.62. The van der Waals surface area contributed by atoms with Crippen molar-refractivity contribution < 1.29 is 4.74 Å². The Morgan fingerprint density at radius 2 is 1.76 bits per heavy atom. The molecule has 2 saturated heterocycles. The Morgan fingerprint density at radius 1 is 1.00 bits per heavy atom. The maximum atomic E-state index is 5.62. The van der Waals surface area contributed by atoms with Crippen LogP contribution in [0.15, 0.2) is 30.3 Å². The Morgan fingerprint density at radius 3 is 2.52 bits per heavy atom. The predicted octanol–water partition coefficient (Wildman–Crippen LogP) is 2.37. The Bertz CT molecular complexity index is 418. The normalized spacial score (nSPS) is 24.6. The topological polar surface area (TPSA) is 15.7 Å². The molecule has 0 unspecified atom stereocenters. The highest BCUT2D eigenvalue weighted by atomic mass is 16.5. The van der Waals surface area contributed by atoms with Crippen molar-refractivity contribution in [2.24, 2.45) is 0 Å². The molecule has 2 aliphatic rings. The van der Waals surface area contributed by atoms with E-state index in [0.29, 0.717) is 5.41 Å². The largest absolute Gasteiger partial charge is 0.380 e. The van der Waals surface area contributed by atoms with Gasteiger partial charge in [0.1, 0.15) is 0 Å². The molecule has 0 aliphatic carbocycles. The third-order valence-corrected chi connectivity index (χ3v) is 5.17. The van der Waals surface area contributed by atoms with Gasteiger partial charge in [-0.25, -0.2) is 0 Å². The van der Waals surface area contributed by atoms with Crippen molar-refractivity contribution in [3.05, 3.63) is 35.9 Å². The van der Waals surface area contributed by atoms with Gasteiger partial charge in [-0.1, -0.05) is 30.3 Å². The van der Waals surface area contributed by atoms with E-state index in [-0.39, 0.29) is 0 Å². The van der Waals surface area contributed by atoms with Gasteiger partial charge in [0.2, 0.25) is 0 Å². The van der Waals surface area contributed by atoms with Gasteiger partial charge in [0.05, 0.1) is 6.61 Å². The highest BCUT2D eigenvalue weighted by molar-refractivity contribution is 5.27. The van der Waals surface area contributed by atoms with Crippen molar-refractivity contribution in [3.63, 3.8) is 0 Å². The smallest absolute Gasteiger partial charge is 0.0593 e. The summed E-state index contributed by atoms with van der Waals surface area (Å²) in [6.07, 6.45) is 3.71. The number of hydrogen-bond donors (Lipinski definition) is 0. The monoisotopic (exact) mass is 288 g/mol. The molecule has 0 amide bonds. The first kappa shape index (κ1) is 15.0. The number of piperidine rings is 1. The van der Waals surface area contributed by atoms with E-state index < -0.39 is 0 Å². The highest BCUT2D eigenvalue weighted by Crippen LogP contribution is 2.36. The average Bonchev–Trinajstić information content (AvgIpc) is 2.79. The molecule has 3 rings (SSSR count). The second-order valence-electron chi connectivity index (χ2n) is 6.69. The maximum Gasteiger partial charge on any atom is 0.0593 e. The third kappa shape index (κ3) is 3.65. The molecular weight excluding hydrogens is 260 g/mol. The van der Waals surface area contributed by atoms with E-state index in [4.69, 9.17) is 4.74 Å². The Kier molecular flexibility index (Phi) is 4.94. The van der Waals surface area contributed by atoms with Crippen LogP contribution < -0.4 is 0 Å². The molecule has 0 bridgehead atoms. The molecule has 116 valence electrons. The quantitative estimate of drug-likeness (QED) is 0.849. The number of hydrogen-bond acceptors (Lipinski definition) is 3. The second kappa shape index (κ2) is 6.91. The molecule has 0 spiro atoms. The summed E-state index contributed by atoms with van der Waals surface area (Å²) in [5.74, 6) is 0. The van der Waals surface area contributed by atoms with Crippen LogP contribution in [0.3, 0.4) is 0 Å². The first-order valence-corrected chi connectivity index (χ1v) is 8.33. The minimum absolute atomic E-state index is 0.331. The van der Waals surface area contributed by atoms with Gasteiger partial charge in [0, 0.05) is 31.7 Å². The van der Waals surface area contributed by atoms with E-state index in [1.807, 2.05) is 0 Å². The Hall–Kier alpha value is -0.900. The van der Waals surface area contributed by atoms with Crippen LogP contribution in [0, 0.1) is 0 Å². The zero-order valence-corrected chi connectivity index (χ0v) is 13.3. The van der Waals surface area contributed by atoms with Gasteiger partial charge in [0.15, 0.2) is 0 Å². The summed E-state index contributed by atoms with van der Waals surface area (Å²) in [5, 5.41) is 0. The molecule has 0 atom stereocenters. The van der Waals surface area contributed by atoms with Crippen molar-refractivity contribution in [1.29, 1.82) is 0 Å². The second-order valence-corrected chi connectivity index (χ2v) is 6.69. The van der Waals surface area contributed by atoms with Crippen molar-refractivity contribution >= 4 is 0 Å². The minimum atomic E-state index is 0.331. The fourth-order valence-corrected chi connectivity index (χ4v) is 3.76. The van der Waals surface area contributed by atoms with Gasteiger partial charge in [-0.05, 0) is 45.0 Å². The number of likely N-dealkylation sites (tertiary alicyclic amines) is 1. The van der Waals surface area contributed by atoms with Crippen molar-refractivity contribution in [3.8, 4) is 0 Å². The number of ether oxygens (including phenoxy) is 1. The molecule has 1 aromatic rings. The van der Waals surface area contributed by atoms with E-state index in [9.17, 15) is 0 Å². The molecule has 0 radical (unpaired) electrons. The molecule has 2 fully saturated rings. The van der Waals surface area contributed by atoms with E-state index in [0.717, 1.165) is 19.8 Å². The molecule has 2 aliphatic heterocycles. The third-order valence-electron chi connectivity index (χ3n) is 5.17. The van der Waals surface area contributed by atoms with Crippen LogP contribution in [-0.4, -0.2) is 62.8 Å². The molecule has 21 heavy (non-hydrogen) atoms. The molecule has 3 heteroatoms. The van der Waals surface area contributed by atoms with E-state index in [2.05, 4.69) is 47.2 Å². The van der Waals surface area contributed by atoms with E-state index in [1.54, 1.807) is 0 Å². The fraction of sp³-hybridized carbons (Fsp3) is 0.667. The summed E-state index contributed by atoms with van der Waals surface area (Å²) < 4.78 is 5.62. The van der Waals surface area contributed by atoms with E-state index in [1.165, 1.54) is 51.0 Å². The SMILES string of the molecule is CN1CCC(CN2CCCOCC2)(c2ccccc2)CC1. The Balaban J connectivity index is 1.79. The van der Waals surface area contributed by atoms with Crippen LogP contribution in [0.2, 0.25) is 0 Å². The average molecular weight is 288 g/mol. The Labute approximate surface area is 128 Å². The summed E-state index contributed by atoms with van der Waals surface area (Å²) in [7, 11) is 2.24. The van der Waals surface area contributed by atoms with Crippen LogP contribution in [0.4, 0.5) is 0 Å². The van der Waals surface area contributed by atoms with Crippen LogP contribution in [0.1, 0.15) is 24.8 Å². The van der Waals surface area contributed by atoms with Gasteiger partial charge in [-0.15, -0.1) is 0 Å². The zero-order chi connectivity index (χ0) is 14.5. The minimum Gasteiger partial charge on any atom is -0.380 e. The lowest BCUT2D eigenvalue weighted by atomic mass is 9.72. The first-order chi connectivity index (χ1) is 10.3. The first-order valence-electron chi connectivity index (χ1n) is 8.33. The van der Waals surface area contributed by atoms with Crippen LogP contribution >= 0.6 is 0 Å². The zero-order valence-electron chi connectivity index (χ0n) is 13.3. The number of nitrogens with zero attached hydrogens (tertiary/aromatic N) is 2. The van der Waals surface area contributed by atoms with Gasteiger partial charge in [-0.2, -0.15) is 0 Å². The number of rotatable bonds is 3. The van der Waals surface area contributed by atoms with Crippen LogP contribution in [0.5, 0.6) is 0 Å². The molecule has 0 saturated carbocycles. The molecule has 0 N–H and O–H groups in total. The van der Waals surface area contributed by atoms with Crippen LogP contribution in [-0.2, 0) is 10.2 Å². The van der Waals surface area contributed by atoms with Gasteiger partial charge >= 0.3 is 0 Å². The summed E-state index contributed by atoms with van der Waals surface area (Å²) in [6.45, 7) is 7.70. The summed E-state index contributed by atoms with van der Waals surface area (Å²) in [5.41, 5.74) is 1.86. The van der Waals surface area contributed by atoms with Crippen molar-refractivity contribution in [2.75, 3.05) is 53.0 Å². The lowest BCUT2D eigenvalue weighted by Gasteiger charge is -2.44. The fourth-order valence-electron chi connectivity index (χ4n) is 3.76. The van der Waals surface area contributed by atoms with Gasteiger partial charge in [0.25, 0.3) is 0 Å². The molecule has 3 nitrogen and oxygen atoms in total. The highest BCUT2D eigenvalue weighted by Gasteiger charge is 2.36. The molecular formula is C18H28N2O. The number of benzene rings is 1. The predicted molar refractivity (Wildman–Crippen MR) is 86.7 cm³/mol. The lowest BCUT2D eigenvalue weighted by molar-refractivity contribution is 0.115. The molecule has 1 aromatic carbocycles. The summed E-state index contributed by atoms with van der Waals surface area (Å²) in [4.78, 5) is 5.10.